The Bertz CT molecular complexity index is 694. The second kappa shape index (κ2) is 7.15. The van der Waals surface area contributed by atoms with E-state index in [-0.39, 0.29) is 12.0 Å². The Hall–Kier alpha value is -1.89. The third kappa shape index (κ3) is 4.21. The molecule has 1 unspecified atom stereocenters. The summed E-state index contributed by atoms with van der Waals surface area (Å²) >= 11 is 0. The Labute approximate surface area is 145 Å². The molecule has 2 heterocycles. The summed E-state index contributed by atoms with van der Waals surface area (Å²) in [4.78, 5) is 6.63. The molecule has 1 aromatic heterocycles. The van der Waals surface area contributed by atoms with Crippen molar-refractivity contribution in [1.29, 1.82) is 0 Å². The Morgan fingerprint density at radius 3 is 2.52 bits per heavy atom. The van der Waals surface area contributed by atoms with Gasteiger partial charge < -0.3 is 4.52 Å². The highest BCUT2D eigenvalue weighted by molar-refractivity contribution is 5.27. The minimum absolute atomic E-state index is 0.0806. The van der Waals surface area contributed by atoms with E-state index in [1.165, 1.54) is 0 Å². The van der Waals surface area contributed by atoms with Gasteiger partial charge in [0.15, 0.2) is 5.82 Å². The molecule has 0 amide bonds. The molecule has 1 atom stereocenters. The van der Waals surface area contributed by atoms with Gasteiger partial charge in [-0.3, -0.25) is 4.90 Å². The molecule has 25 heavy (non-hydrogen) atoms. The van der Waals surface area contributed by atoms with Crippen LogP contribution in [-0.2, 0) is 12.7 Å². The normalized spacial score (nSPS) is 19.5. The van der Waals surface area contributed by atoms with Crippen molar-refractivity contribution in [3.63, 3.8) is 0 Å². The fourth-order valence-electron chi connectivity index (χ4n) is 3.20. The van der Waals surface area contributed by atoms with Gasteiger partial charge in [0, 0.05) is 12.0 Å². The van der Waals surface area contributed by atoms with Gasteiger partial charge in [0.2, 0.25) is 5.89 Å². The molecule has 1 fully saturated rings. The highest BCUT2D eigenvalue weighted by Crippen LogP contribution is 2.34. The second-order valence-corrected chi connectivity index (χ2v) is 6.81. The molecule has 0 spiro atoms. The molecule has 0 aliphatic carbocycles. The minimum Gasteiger partial charge on any atom is -0.339 e. The van der Waals surface area contributed by atoms with Crippen molar-refractivity contribution in [3.8, 4) is 0 Å². The molecule has 0 saturated carbocycles. The monoisotopic (exact) mass is 353 g/mol. The fraction of sp³-hybridized carbons (Fsp3) is 0.556. The highest BCUT2D eigenvalue weighted by atomic mass is 19.4. The van der Waals surface area contributed by atoms with Crippen molar-refractivity contribution < 1.29 is 17.7 Å². The van der Waals surface area contributed by atoms with E-state index in [2.05, 4.69) is 15.0 Å². The summed E-state index contributed by atoms with van der Waals surface area (Å²) in [5, 5.41) is 4.03. The SMILES string of the molecule is CC(C)c1nc(CN2CCCCC2c2ccc(C(F)(F)F)cc2)no1. The van der Waals surface area contributed by atoms with Gasteiger partial charge in [-0.05, 0) is 37.1 Å². The standard InChI is InChI=1S/C18H22F3N3O/c1-12(2)17-22-16(23-25-17)11-24-10-4-3-5-15(24)13-6-8-14(9-7-13)18(19,20)21/h6-9,12,15H,3-5,10-11H2,1-2H3. The Balaban J connectivity index is 1.76. The molecule has 0 bridgehead atoms. The van der Waals surface area contributed by atoms with E-state index in [0.29, 0.717) is 18.3 Å². The van der Waals surface area contributed by atoms with Crippen LogP contribution in [0.25, 0.3) is 0 Å². The largest absolute Gasteiger partial charge is 0.416 e. The van der Waals surface area contributed by atoms with Crippen molar-refractivity contribution in [2.24, 2.45) is 0 Å². The summed E-state index contributed by atoms with van der Waals surface area (Å²) in [6.07, 6.45) is -1.26. The molecule has 1 aliphatic rings. The van der Waals surface area contributed by atoms with E-state index in [0.717, 1.165) is 43.5 Å². The van der Waals surface area contributed by atoms with Gasteiger partial charge in [-0.25, -0.2) is 0 Å². The zero-order valence-corrected chi connectivity index (χ0v) is 14.4. The van der Waals surface area contributed by atoms with E-state index < -0.39 is 11.7 Å². The zero-order chi connectivity index (χ0) is 18.0. The molecular weight excluding hydrogens is 331 g/mol. The number of halogens is 3. The average Bonchev–Trinajstić information content (AvgIpc) is 3.04. The predicted molar refractivity (Wildman–Crippen MR) is 86.8 cm³/mol. The number of piperidine rings is 1. The lowest BCUT2D eigenvalue weighted by atomic mass is 9.94. The van der Waals surface area contributed by atoms with Crippen molar-refractivity contribution in [2.45, 2.75) is 57.8 Å². The van der Waals surface area contributed by atoms with Gasteiger partial charge in [-0.2, -0.15) is 18.2 Å². The van der Waals surface area contributed by atoms with E-state index in [9.17, 15) is 13.2 Å². The third-order valence-corrected chi connectivity index (χ3v) is 4.56. The Morgan fingerprint density at radius 1 is 1.20 bits per heavy atom. The number of hydrogen-bond donors (Lipinski definition) is 0. The summed E-state index contributed by atoms with van der Waals surface area (Å²) in [5.74, 6) is 1.41. The van der Waals surface area contributed by atoms with Crippen LogP contribution in [0.3, 0.4) is 0 Å². The molecule has 0 radical (unpaired) electrons. The predicted octanol–water partition coefficient (Wildman–Crippen LogP) is 4.94. The summed E-state index contributed by atoms with van der Waals surface area (Å²) in [5.41, 5.74) is 0.290. The molecule has 0 N–H and O–H groups in total. The van der Waals surface area contributed by atoms with Crippen LogP contribution in [0.5, 0.6) is 0 Å². The average molecular weight is 353 g/mol. The molecule has 7 heteroatoms. The summed E-state index contributed by atoms with van der Waals surface area (Å²) in [6.45, 7) is 5.39. The number of benzene rings is 1. The fourth-order valence-corrected chi connectivity index (χ4v) is 3.20. The van der Waals surface area contributed by atoms with Crippen LogP contribution in [0.1, 0.15) is 67.9 Å². The van der Waals surface area contributed by atoms with Crippen LogP contribution in [0.4, 0.5) is 13.2 Å². The lowest BCUT2D eigenvalue weighted by Gasteiger charge is -2.35. The molecule has 1 aliphatic heterocycles. The topological polar surface area (TPSA) is 42.2 Å². The van der Waals surface area contributed by atoms with Crippen LogP contribution in [-0.4, -0.2) is 21.6 Å². The van der Waals surface area contributed by atoms with Gasteiger partial charge in [0.05, 0.1) is 12.1 Å². The summed E-state index contributed by atoms with van der Waals surface area (Å²) < 4.78 is 43.5. The minimum atomic E-state index is -4.30. The maximum Gasteiger partial charge on any atom is 0.416 e. The number of likely N-dealkylation sites (tertiary alicyclic amines) is 1. The van der Waals surface area contributed by atoms with Crippen molar-refractivity contribution >= 4 is 0 Å². The van der Waals surface area contributed by atoms with E-state index >= 15 is 0 Å². The van der Waals surface area contributed by atoms with Gasteiger partial charge >= 0.3 is 6.18 Å². The second-order valence-electron chi connectivity index (χ2n) is 6.81. The maximum atomic E-state index is 12.8. The summed E-state index contributed by atoms with van der Waals surface area (Å²) in [6, 6.07) is 5.57. The molecule has 2 aromatic rings. The smallest absolute Gasteiger partial charge is 0.339 e. The van der Waals surface area contributed by atoms with Crippen molar-refractivity contribution in [1.82, 2.24) is 15.0 Å². The third-order valence-electron chi connectivity index (χ3n) is 4.56. The lowest BCUT2D eigenvalue weighted by Crippen LogP contribution is -2.33. The number of aromatic nitrogens is 2. The van der Waals surface area contributed by atoms with Gasteiger partial charge in [0.25, 0.3) is 0 Å². The maximum absolute atomic E-state index is 12.8. The molecule has 4 nitrogen and oxygen atoms in total. The molecule has 3 rings (SSSR count). The van der Waals surface area contributed by atoms with E-state index in [1.807, 2.05) is 13.8 Å². The first-order valence-electron chi connectivity index (χ1n) is 8.58. The number of alkyl halides is 3. The molecule has 1 aromatic carbocycles. The molecule has 136 valence electrons. The first-order chi connectivity index (χ1) is 11.8. The lowest BCUT2D eigenvalue weighted by molar-refractivity contribution is -0.137. The van der Waals surface area contributed by atoms with E-state index in [4.69, 9.17) is 4.52 Å². The highest BCUT2D eigenvalue weighted by Gasteiger charge is 2.31. The Morgan fingerprint density at radius 2 is 1.92 bits per heavy atom. The van der Waals surface area contributed by atoms with Gasteiger partial charge in [-0.15, -0.1) is 0 Å². The molecular formula is C18H22F3N3O. The van der Waals surface area contributed by atoms with Gasteiger partial charge in [0.1, 0.15) is 0 Å². The van der Waals surface area contributed by atoms with Crippen LogP contribution in [0.2, 0.25) is 0 Å². The first kappa shape index (κ1) is 17.9. The van der Waals surface area contributed by atoms with Crippen LogP contribution in [0, 0.1) is 0 Å². The van der Waals surface area contributed by atoms with Crippen LogP contribution >= 0.6 is 0 Å². The summed E-state index contributed by atoms with van der Waals surface area (Å²) in [7, 11) is 0. The first-order valence-corrected chi connectivity index (χ1v) is 8.58. The quantitative estimate of drug-likeness (QED) is 0.781. The molecule has 1 saturated heterocycles. The number of rotatable bonds is 4. The zero-order valence-electron chi connectivity index (χ0n) is 14.4. The van der Waals surface area contributed by atoms with E-state index in [1.54, 1.807) is 12.1 Å². The van der Waals surface area contributed by atoms with Crippen LogP contribution in [0.15, 0.2) is 28.8 Å². The number of hydrogen-bond acceptors (Lipinski definition) is 4. The van der Waals surface area contributed by atoms with Crippen molar-refractivity contribution in [3.05, 3.63) is 47.1 Å². The van der Waals surface area contributed by atoms with Crippen molar-refractivity contribution in [2.75, 3.05) is 6.54 Å². The Kier molecular flexibility index (Phi) is 5.13. The van der Waals surface area contributed by atoms with Gasteiger partial charge in [-0.1, -0.05) is 37.6 Å². The van der Waals surface area contributed by atoms with Crippen LogP contribution < -0.4 is 0 Å². The number of nitrogens with zero attached hydrogens (tertiary/aromatic N) is 3.